The molecule has 1 atom stereocenters. The van der Waals surface area contributed by atoms with Crippen LogP contribution in [0.25, 0.3) is 10.6 Å². The third kappa shape index (κ3) is 6.46. The first-order chi connectivity index (χ1) is 14.0. The van der Waals surface area contributed by atoms with Crippen molar-refractivity contribution >= 4 is 17.3 Å². The molecule has 1 aromatic carbocycles. The predicted molar refractivity (Wildman–Crippen MR) is 117 cm³/mol. The van der Waals surface area contributed by atoms with Crippen molar-refractivity contribution in [3.05, 3.63) is 64.7 Å². The second kappa shape index (κ2) is 11.7. The average molecular weight is 438 g/mol. The van der Waals surface area contributed by atoms with E-state index in [0.717, 1.165) is 17.9 Å². The molecule has 156 valence electrons. The Kier molecular flexibility index (Phi) is 9.65. The summed E-state index contributed by atoms with van der Waals surface area (Å²) in [5.74, 6) is -0.165. The number of aliphatic carboxylic acids is 1. The number of carboxylic acids is 1. The summed E-state index contributed by atoms with van der Waals surface area (Å²) < 4.78 is 13.5. The number of hydrogen-bond donors (Lipinski definition) is 1. The van der Waals surface area contributed by atoms with E-state index in [1.807, 2.05) is 24.3 Å². The van der Waals surface area contributed by atoms with Gasteiger partial charge in [0, 0.05) is 18.7 Å². The Bertz CT molecular complexity index is 955. The van der Waals surface area contributed by atoms with Crippen LogP contribution in [0.2, 0.25) is 0 Å². The van der Waals surface area contributed by atoms with Crippen LogP contribution in [0.4, 0.5) is 0 Å². The van der Waals surface area contributed by atoms with Gasteiger partial charge < -0.3 is 20.6 Å². The van der Waals surface area contributed by atoms with E-state index >= 15 is 0 Å². The Hall–Kier alpha value is -1.57. The summed E-state index contributed by atoms with van der Waals surface area (Å²) in [4.78, 5) is 12.5. The summed E-state index contributed by atoms with van der Waals surface area (Å²) in [5, 5.41) is 11.4. The van der Waals surface area contributed by atoms with Crippen molar-refractivity contribution in [2.75, 3.05) is 13.2 Å². The van der Waals surface area contributed by atoms with E-state index in [1.54, 1.807) is 18.3 Å². The van der Waals surface area contributed by atoms with Crippen molar-refractivity contribution in [3.8, 4) is 16.3 Å². The minimum atomic E-state index is -0.939. The first kappa shape index (κ1) is 24.7. The molecule has 0 radical (unpaired) electrons. The molecule has 3 rings (SSSR count). The molecule has 0 fully saturated rings. The third-order valence-corrected chi connectivity index (χ3v) is 5.82. The van der Waals surface area contributed by atoms with Crippen LogP contribution in [-0.2, 0) is 22.5 Å². The van der Waals surface area contributed by atoms with Crippen LogP contribution in [0.1, 0.15) is 25.2 Å². The number of aryl methyl sites for hydroxylation is 2. The molecule has 3 aromatic rings. The monoisotopic (exact) mass is 437 g/mol. The van der Waals surface area contributed by atoms with E-state index in [2.05, 4.69) is 42.0 Å². The quantitative estimate of drug-likeness (QED) is 0.494. The Labute approximate surface area is 205 Å². The number of benzene rings is 1. The van der Waals surface area contributed by atoms with E-state index in [0.29, 0.717) is 19.6 Å². The Morgan fingerprint density at radius 2 is 1.93 bits per heavy atom. The number of ether oxygens (including phenoxy) is 2. The number of nitrogens with zero attached hydrogens (tertiary/aromatic N) is 1. The Balaban J connectivity index is 0.00000240. The zero-order chi connectivity index (χ0) is 20.8. The van der Waals surface area contributed by atoms with Gasteiger partial charge in [0.05, 0.1) is 17.1 Å². The topological polar surface area (TPSA) is 60.7 Å². The van der Waals surface area contributed by atoms with Gasteiger partial charge >= 0.3 is 35.5 Å². The van der Waals surface area contributed by atoms with Crippen LogP contribution < -0.4 is 34.3 Å². The smallest absolute Gasteiger partial charge is 1.00 e. The van der Waals surface area contributed by atoms with Gasteiger partial charge in [-0.3, -0.25) is 0 Å². The fourth-order valence-electron chi connectivity index (χ4n) is 3.26. The van der Waals surface area contributed by atoms with Gasteiger partial charge in [0.25, 0.3) is 0 Å². The van der Waals surface area contributed by atoms with Gasteiger partial charge in [-0.25, -0.2) is 4.79 Å². The summed E-state index contributed by atoms with van der Waals surface area (Å²) in [6, 6.07) is 14.1. The van der Waals surface area contributed by atoms with Crippen molar-refractivity contribution in [3.63, 3.8) is 0 Å². The fraction of sp³-hybridized carbons (Fsp3) is 0.348. The maximum atomic E-state index is 11.2. The van der Waals surface area contributed by atoms with Crippen molar-refractivity contribution in [1.82, 2.24) is 4.57 Å². The van der Waals surface area contributed by atoms with Crippen molar-refractivity contribution < 1.29 is 50.4 Å². The molecular weight excluding hydrogens is 409 g/mol. The molecule has 7 heteroatoms. The molecule has 30 heavy (non-hydrogen) atoms. The second-order valence-corrected chi connectivity index (χ2v) is 7.89. The van der Waals surface area contributed by atoms with Gasteiger partial charge in [-0.05, 0) is 67.6 Å². The van der Waals surface area contributed by atoms with Crippen molar-refractivity contribution in [1.29, 1.82) is 0 Å². The standard InChI is InChI=1S/C23H27NO4S.Na.H/c1-4-27-21(23(25)26)14-18-6-8-19(9-7-18)28-12-11-24-17(3)5-10-20(24)22-13-16(2)15-29-22;;/h5-10,13,15,21H,4,11-12,14H2,1-3H3,(H,25,26);;/q;+1;-1. The van der Waals surface area contributed by atoms with Crippen LogP contribution in [0.5, 0.6) is 5.75 Å². The number of thiophene rings is 1. The molecule has 0 aliphatic rings. The normalized spacial score (nSPS) is 11.7. The molecule has 0 aliphatic heterocycles. The molecule has 0 aliphatic carbocycles. The van der Waals surface area contributed by atoms with E-state index in [4.69, 9.17) is 9.47 Å². The van der Waals surface area contributed by atoms with E-state index in [-0.39, 0.29) is 31.0 Å². The summed E-state index contributed by atoms with van der Waals surface area (Å²) in [7, 11) is 0. The summed E-state index contributed by atoms with van der Waals surface area (Å²) >= 11 is 1.76. The zero-order valence-electron chi connectivity index (χ0n) is 19.1. The number of carboxylic acid groups (broad SMARTS) is 1. The van der Waals surface area contributed by atoms with Crippen LogP contribution in [0, 0.1) is 13.8 Å². The SMILES string of the molecule is CCOC(Cc1ccc(OCCn2c(C)ccc2-c2cc(C)cs2)cc1)C(=O)O.[H-].[Na+]. The Morgan fingerprint density at radius 3 is 2.53 bits per heavy atom. The van der Waals surface area contributed by atoms with Gasteiger partial charge in [-0.15, -0.1) is 11.3 Å². The summed E-state index contributed by atoms with van der Waals surface area (Å²) in [6.45, 7) is 7.71. The molecule has 0 amide bonds. The second-order valence-electron chi connectivity index (χ2n) is 6.98. The molecule has 0 saturated heterocycles. The van der Waals surface area contributed by atoms with E-state index in [1.165, 1.54) is 21.8 Å². The number of rotatable bonds is 10. The summed E-state index contributed by atoms with van der Waals surface area (Å²) in [6.07, 6.45) is -0.474. The van der Waals surface area contributed by atoms with Crippen molar-refractivity contribution in [2.45, 2.75) is 39.8 Å². The van der Waals surface area contributed by atoms with E-state index < -0.39 is 12.1 Å². The molecule has 1 N–H and O–H groups in total. The third-order valence-electron chi connectivity index (χ3n) is 4.75. The molecule has 2 heterocycles. The van der Waals surface area contributed by atoms with Gasteiger partial charge in [0.2, 0.25) is 0 Å². The molecule has 2 aromatic heterocycles. The van der Waals surface area contributed by atoms with Crippen LogP contribution in [0.3, 0.4) is 0 Å². The first-order valence-electron chi connectivity index (χ1n) is 9.75. The molecule has 0 bridgehead atoms. The predicted octanol–water partition coefficient (Wildman–Crippen LogP) is 2.06. The Morgan fingerprint density at radius 1 is 1.20 bits per heavy atom. The fourth-order valence-corrected chi connectivity index (χ4v) is 4.19. The van der Waals surface area contributed by atoms with Gasteiger partial charge in [-0.2, -0.15) is 0 Å². The average Bonchev–Trinajstić information content (AvgIpc) is 3.28. The first-order valence-corrected chi connectivity index (χ1v) is 10.6. The zero-order valence-corrected chi connectivity index (χ0v) is 20.9. The van der Waals surface area contributed by atoms with Crippen LogP contribution in [-0.4, -0.2) is 35.0 Å². The molecule has 1 unspecified atom stereocenters. The van der Waals surface area contributed by atoms with Crippen molar-refractivity contribution in [2.24, 2.45) is 0 Å². The van der Waals surface area contributed by atoms with E-state index in [9.17, 15) is 9.90 Å². The molecule has 0 spiro atoms. The molecule has 0 saturated carbocycles. The van der Waals surface area contributed by atoms with Crippen LogP contribution >= 0.6 is 11.3 Å². The minimum absolute atomic E-state index is 0. The number of hydrogen-bond acceptors (Lipinski definition) is 4. The molecule has 5 nitrogen and oxygen atoms in total. The maximum absolute atomic E-state index is 11.2. The van der Waals surface area contributed by atoms with Gasteiger partial charge in [0.1, 0.15) is 12.4 Å². The molecular formula is C23H28NNaO4S. The number of aromatic nitrogens is 1. The summed E-state index contributed by atoms with van der Waals surface area (Å²) in [5.41, 5.74) is 4.62. The number of carbonyl (C=O) groups is 1. The van der Waals surface area contributed by atoms with Gasteiger partial charge in [0.15, 0.2) is 6.10 Å². The largest absolute Gasteiger partial charge is 1.00 e. The van der Waals surface area contributed by atoms with Gasteiger partial charge in [-0.1, -0.05) is 12.1 Å². The maximum Gasteiger partial charge on any atom is 1.00 e. The van der Waals surface area contributed by atoms with Crippen LogP contribution in [0.15, 0.2) is 47.8 Å². The minimum Gasteiger partial charge on any atom is -1.00 e.